The first-order valence-corrected chi connectivity index (χ1v) is 13.9. The van der Waals surface area contributed by atoms with Crippen molar-refractivity contribution < 1.29 is 54.1 Å². The Morgan fingerprint density at radius 1 is 1.21 bits per heavy atom. The van der Waals surface area contributed by atoms with Gasteiger partial charge in [0.25, 0.3) is 5.91 Å². The molecule has 1 amide bonds. The molecule has 0 unspecified atom stereocenters. The van der Waals surface area contributed by atoms with Gasteiger partial charge in [-0.25, -0.2) is 4.79 Å². The molecule has 12 heteroatoms. The van der Waals surface area contributed by atoms with E-state index in [-0.39, 0.29) is 42.7 Å². The first-order chi connectivity index (χ1) is 19.7. The number of fused-ring (bicyclic) bond motifs is 1. The monoisotopic (exact) mass is 593 g/mol. The number of amides is 1. The molecule has 234 valence electrons. The summed E-state index contributed by atoms with van der Waals surface area (Å²) in [4.78, 5) is 25.5. The minimum absolute atomic E-state index is 0.000153. The van der Waals surface area contributed by atoms with E-state index in [0.717, 1.165) is 6.07 Å². The van der Waals surface area contributed by atoms with Crippen molar-refractivity contribution in [1.82, 2.24) is 5.32 Å². The molecule has 2 aliphatic rings. The predicted molar refractivity (Wildman–Crippen MR) is 149 cm³/mol. The molecule has 2 heterocycles. The molecule has 2 aliphatic heterocycles. The number of hydrogen-bond acceptors (Lipinski definition) is 11. The van der Waals surface area contributed by atoms with Gasteiger partial charge in [-0.2, -0.15) is 0 Å². The zero-order valence-electron chi connectivity index (χ0n) is 24.9. The van der Waals surface area contributed by atoms with Crippen LogP contribution < -0.4 is 5.32 Å². The highest BCUT2D eigenvalue weighted by Crippen LogP contribution is 2.42. The molecule has 3 rings (SSSR count). The maximum absolute atomic E-state index is 12.7. The molecule has 1 fully saturated rings. The van der Waals surface area contributed by atoms with Crippen LogP contribution in [-0.4, -0.2) is 101 Å². The summed E-state index contributed by atoms with van der Waals surface area (Å²) in [5, 5.41) is 55.6. The second-order valence-corrected chi connectivity index (χ2v) is 11.7. The van der Waals surface area contributed by atoms with Crippen LogP contribution in [0.15, 0.2) is 6.07 Å². The highest BCUT2D eigenvalue weighted by atomic mass is 16.6. The van der Waals surface area contributed by atoms with E-state index >= 15 is 0 Å². The molecular weight excluding hydrogens is 550 g/mol. The van der Waals surface area contributed by atoms with Crippen molar-refractivity contribution in [1.29, 1.82) is 0 Å². The molecule has 0 radical (unpaired) electrons. The number of aliphatic hydroxyl groups excluding tert-OH is 3. The van der Waals surface area contributed by atoms with Crippen LogP contribution in [0.2, 0.25) is 0 Å². The summed E-state index contributed by atoms with van der Waals surface area (Å²) in [7, 11) is 2.68. The smallest absolute Gasteiger partial charge is 0.342 e. The van der Waals surface area contributed by atoms with Crippen molar-refractivity contribution in [2.24, 2.45) is 11.3 Å². The van der Waals surface area contributed by atoms with Gasteiger partial charge in [0.1, 0.15) is 35.4 Å². The van der Waals surface area contributed by atoms with Crippen molar-refractivity contribution in [2.75, 3.05) is 14.2 Å². The fourth-order valence-corrected chi connectivity index (χ4v) is 5.58. The maximum Gasteiger partial charge on any atom is 0.342 e. The summed E-state index contributed by atoms with van der Waals surface area (Å²) in [5.41, 5.74) is 0.0932. The lowest BCUT2D eigenvalue weighted by molar-refractivity contribution is -0.217. The number of esters is 1. The van der Waals surface area contributed by atoms with Gasteiger partial charge in [0, 0.05) is 57.3 Å². The number of aliphatic hydroxyl groups is 3. The number of carbonyl (C=O) groups excluding carboxylic acids is 2. The van der Waals surface area contributed by atoms with Gasteiger partial charge >= 0.3 is 5.97 Å². The summed E-state index contributed by atoms with van der Waals surface area (Å²) >= 11 is 0. The molecule has 12 nitrogen and oxygen atoms in total. The average Bonchev–Trinajstić information content (AvgIpc) is 2.94. The fraction of sp³-hybridized carbons (Fsp3) is 0.667. The molecule has 0 aliphatic carbocycles. The average molecular weight is 594 g/mol. The number of terminal acetylenes is 1. The van der Waals surface area contributed by atoms with Crippen LogP contribution in [0, 0.1) is 30.6 Å². The molecule has 42 heavy (non-hydrogen) atoms. The number of methoxy groups -OCH3 is 2. The van der Waals surface area contributed by atoms with E-state index in [4.69, 9.17) is 25.4 Å². The van der Waals surface area contributed by atoms with Crippen molar-refractivity contribution in [2.45, 2.75) is 102 Å². The lowest BCUT2D eigenvalue weighted by Crippen LogP contribution is -2.59. The number of benzene rings is 1. The minimum atomic E-state index is -1.57. The number of cyclic esters (lactones) is 1. The number of phenolic OH excluding ortho intramolecular Hbond substituents is 2. The normalized spacial score (nSPS) is 27.0. The molecule has 6 N–H and O–H groups in total. The Morgan fingerprint density at radius 3 is 2.48 bits per heavy atom. The quantitative estimate of drug-likeness (QED) is 0.122. The number of rotatable bonds is 11. The lowest BCUT2D eigenvalue weighted by atomic mass is 9.73. The van der Waals surface area contributed by atoms with E-state index in [1.807, 2.05) is 0 Å². The summed E-state index contributed by atoms with van der Waals surface area (Å²) < 4.78 is 22.4. The Labute approximate surface area is 245 Å². The second-order valence-electron chi connectivity index (χ2n) is 11.7. The van der Waals surface area contributed by atoms with Gasteiger partial charge in [-0.05, 0) is 18.1 Å². The molecule has 0 spiro atoms. The van der Waals surface area contributed by atoms with Crippen molar-refractivity contribution in [3.8, 4) is 23.8 Å². The van der Waals surface area contributed by atoms with E-state index in [1.165, 1.54) is 14.2 Å². The number of carbonyl (C=O) groups is 2. The number of ether oxygens (including phenoxy) is 4. The van der Waals surface area contributed by atoms with Crippen LogP contribution in [0.4, 0.5) is 0 Å². The van der Waals surface area contributed by atoms with Gasteiger partial charge in [0.05, 0.1) is 18.3 Å². The van der Waals surface area contributed by atoms with E-state index in [1.54, 1.807) is 27.7 Å². The van der Waals surface area contributed by atoms with Gasteiger partial charge in [-0.1, -0.05) is 20.8 Å². The fourth-order valence-electron chi connectivity index (χ4n) is 5.58. The molecule has 1 aromatic carbocycles. The Morgan fingerprint density at radius 2 is 1.88 bits per heavy atom. The maximum atomic E-state index is 12.7. The summed E-state index contributed by atoms with van der Waals surface area (Å²) in [6.45, 7) is 6.96. The molecular formula is C30H43NO11. The standard InChI is InChI=1S/C30H43NO11/c1-8-9-20(39-6)26(36)27(37)31-28(40-7)22-13-23(35)30(4,5)24(41-22)12-18(33)15(3)21-10-16-14(2)17(32)11-19(34)25(16)29(38)42-21/h1,11,15,18,20-24,26,28,32-36H,9-10,12-13H2,2-7H3,(H,31,37)/t15-,18+,20+,21-,22+,23-,24-,26+,28+/m1/s1. The SMILES string of the molecule is C#CC[C@H](OC)[C@H](O)C(=O)N[C@@H](OC)[C@@H]1C[C@@H](O)C(C)(C)[C@@H](C[C@H](O)[C@@H](C)[C@H]2Cc3c(C)c(O)cc(O)c3C(=O)O2)O1. The lowest BCUT2D eigenvalue weighted by Gasteiger charge is -2.48. The number of nitrogens with one attached hydrogen (secondary N) is 1. The van der Waals surface area contributed by atoms with Crippen LogP contribution in [-0.2, 0) is 30.2 Å². The van der Waals surface area contributed by atoms with Gasteiger partial charge in [-0.15, -0.1) is 12.3 Å². The van der Waals surface area contributed by atoms with Gasteiger partial charge in [0.15, 0.2) is 12.3 Å². The van der Waals surface area contributed by atoms with Crippen molar-refractivity contribution in [3.63, 3.8) is 0 Å². The van der Waals surface area contributed by atoms with Gasteiger partial charge in [0.2, 0.25) is 0 Å². The van der Waals surface area contributed by atoms with Gasteiger partial charge in [-0.3, -0.25) is 4.79 Å². The summed E-state index contributed by atoms with van der Waals surface area (Å²) in [6, 6.07) is 1.10. The predicted octanol–water partition coefficient (Wildman–Crippen LogP) is 0.907. The van der Waals surface area contributed by atoms with E-state index in [9.17, 15) is 35.1 Å². The Kier molecular flexibility index (Phi) is 10.9. The highest BCUT2D eigenvalue weighted by Gasteiger charge is 2.48. The number of phenols is 2. The van der Waals surface area contributed by atoms with Crippen LogP contribution >= 0.6 is 0 Å². The third-order valence-electron chi connectivity index (χ3n) is 8.79. The number of hydrogen-bond donors (Lipinski definition) is 6. The molecule has 0 bridgehead atoms. The summed E-state index contributed by atoms with van der Waals surface area (Å²) in [6.07, 6.45) is -2.15. The first-order valence-electron chi connectivity index (χ1n) is 13.9. The topological polar surface area (TPSA) is 184 Å². The molecule has 0 saturated carbocycles. The third-order valence-corrected chi connectivity index (χ3v) is 8.79. The molecule has 1 aromatic rings. The van der Waals surface area contributed by atoms with Crippen molar-refractivity contribution in [3.05, 3.63) is 22.8 Å². The van der Waals surface area contributed by atoms with E-state index < -0.39 is 72.2 Å². The van der Waals surface area contributed by atoms with E-state index in [2.05, 4.69) is 11.2 Å². The largest absolute Gasteiger partial charge is 0.508 e. The van der Waals surface area contributed by atoms with Crippen molar-refractivity contribution >= 4 is 11.9 Å². The highest BCUT2D eigenvalue weighted by molar-refractivity contribution is 5.96. The zero-order chi connectivity index (χ0) is 31.5. The number of aromatic hydroxyl groups is 2. The Bertz CT molecular complexity index is 1180. The van der Waals surface area contributed by atoms with Crippen LogP contribution in [0.25, 0.3) is 0 Å². The first kappa shape index (κ1) is 33.6. The Hall–Kier alpha value is -2.92. The van der Waals surface area contributed by atoms with Gasteiger partial charge < -0.3 is 49.8 Å². The molecule has 9 atom stereocenters. The van der Waals surface area contributed by atoms with Crippen LogP contribution in [0.1, 0.15) is 61.5 Å². The third kappa shape index (κ3) is 6.83. The van der Waals surface area contributed by atoms with Crippen LogP contribution in [0.3, 0.4) is 0 Å². The van der Waals surface area contributed by atoms with E-state index in [0.29, 0.717) is 11.1 Å². The second kappa shape index (κ2) is 13.6. The Balaban J connectivity index is 1.74. The molecule has 0 aromatic heterocycles. The van der Waals surface area contributed by atoms with Crippen LogP contribution in [0.5, 0.6) is 11.5 Å². The minimum Gasteiger partial charge on any atom is -0.508 e. The summed E-state index contributed by atoms with van der Waals surface area (Å²) in [5.74, 6) is -0.294. The zero-order valence-corrected chi connectivity index (χ0v) is 24.9. The molecule has 1 saturated heterocycles.